The average molecular weight is 393 g/mol. The maximum absolute atomic E-state index is 14.0. The largest absolute Gasteiger partial charge is 0.434 e. The number of anilines is 1. The number of carbonyl (C=O) groups is 1. The second-order valence-electron chi connectivity index (χ2n) is 6.81. The summed E-state index contributed by atoms with van der Waals surface area (Å²) < 4.78 is 19.7. The van der Waals surface area contributed by atoms with Crippen LogP contribution in [0.25, 0.3) is 0 Å². The van der Waals surface area contributed by atoms with Crippen molar-refractivity contribution in [1.29, 1.82) is 0 Å². The van der Waals surface area contributed by atoms with E-state index in [1.807, 2.05) is 0 Å². The number of ether oxygens (including phenoxy) is 1. The topological polar surface area (TPSA) is 94.2 Å². The van der Waals surface area contributed by atoms with Gasteiger partial charge in [-0.1, -0.05) is 12.1 Å². The number of halogens is 1. The Kier molecular flexibility index (Phi) is 5.33. The third kappa shape index (κ3) is 4.01. The molecule has 1 saturated heterocycles. The van der Waals surface area contributed by atoms with Crippen molar-refractivity contribution < 1.29 is 13.9 Å². The second-order valence-corrected chi connectivity index (χ2v) is 6.81. The molecule has 0 spiro atoms. The van der Waals surface area contributed by atoms with E-state index < -0.39 is 5.82 Å². The number of nitrogen functional groups attached to an aromatic ring is 1. The van der Waals surface area contributed by atoms with Gasteiger partial charge in [0, 0.05) is 37.6 Å². The van der Waals surface area contributed by atoms with Gasteiger partial charge in [0.1, 0.15) is 11.5 Å². The second kappa shape index (κ2) is 8.22. The van der Waals surface area contributed by atoms with Crippen LogP contribution >= 0.6 is 0 Å². The smallest absolute Gasteiger partial charge is 0.257 e. The molecule has 0 unspecified atom stereocenters. The zero-order chi connectivity index (χ0) is 20.2. The van der Waals surface area contributed by atoms with Crippen LogP contribution in [0.4, 0.5) is 10.2 Å². The molecule has 1 fully saturated rings. The van der Waals surface area contributed by atoms with Crippen LogP contribution in [0.15, 0.2) is 55.0 Å². The van der Waals surface area contributed by atoms with Crippen molar-refractivity contribution in [2.45, 2.75) is 18.8 Å². The van der Waals surface area contributed by atoms with Crippen molar-refractivity contribution in [3.63, 3.8) is 0 Å². The summed E-state index contributed by atoms with van der Waals surface area (Å²) >= 11 is 0. The number of hydrogen-bond acceptors (Lipinski definition) is 6. The summed E-state index contributed by atoms with van der Waals surface area (Å²) in [4.78, 5) is 27.3. The van der Waals surface area contributed by atoms with Crippen LogP contribution in [-0.2, 0) is 0 Å². The molecular weight excluding hydrogens is 373 g/mol. The number of nitrogens with zero attached hydrogens (tertiary/aromatic N) is 4. The number of aromatic nitrogens is 3. The van der Waals surface area contributed by atoms with Gasteiger partial charge in [0.05, 0.1) is 5.56 Å². The summed E-state index contributed by atoms with van der Waals surface area (Å²) in [5.74, 6) is -0.181. The Bertz CT molecular complexity index is 1030. The van der Waals surface area contributed by atoms with E-state index in [0.717, 1.165) is 12.8 Å². The van der Waals surface area contributed by atoms with Crippen molar-refractivity contribution in [2.75, 3.05) is 18.8 Å². The first-order valence-electron chi connectivity index (χ1n) is 9.36. The van der Waals surface area contributed by atoms with Gasteiger partial charge < -0.3 is 15.4 Å². The number of pyridine rings is 1. The fourth-order valence-corrected chi connectivity index (χ4v) is 3.48. The molecule has 3 aromatic rings. The summed E-state index contributed by atoms with van der Waals surface area (Å²) in [7, 11) is 0. The number of carbonyl (C=O) groups excluding carboxylic acids is 1. The third-order valence-electron chi connectivity index (χ3n) is 4.90. The Morgan fingerprint density at radius 2 is 1.93 bits per heavy atom. The van der Waals surface area contributed by atoms with E-state index in [-0.39, 0.29) is 29.3 Å². The Labute approximate surface area is 167 Å². The van der Waals surface area contributed by atoms with Crippen LogP contribution in [0.3, 0.4) is 0 Å². The number of rotatable bonds is 4. The fourth-order valence-electron chi connectivity index (χ4n) is 3.48. The van der Waals surface area contributed by atoms with Gasteiger partial charge in [-0.3, -0.25) is 9.78 Å². The number of hydrogen-bond donors (Lipinski definition) is 1. The Morgan fingerprint density at radius 3 is 2.76 bits per heavy atom. The maximum atomic E-state index is 14.0. The molecule has 4 rings (SSSR count). The molecule has 29 heavy (non-hydrogen) atoms. The van der Waals surface area contributed by atoms with E-state index in [9.17, 15) is 9.18 Å². The van der Waals surface area contributed by atoms with E-state index in [1.165, 1.54) is 18.3 Å². The zero-order valence-corrected chi connectivity index (χ0v) is 15.7. The maximum Gasteiger partial charge on any atom is 0.257 e. The lowest BCUT2D eigenvalue weighted by molar-refractivity contribution is 0.0705. The molecule has 0 aliphatic carbocycles. The SMILES string of the molecule is Nc1ncccc1C(=O)N1CCC[C@H](c2nccnc2Oc2ccccc2F)C1. The summed E-state index contributed by atoms with van der Waals surface area (Å²) in [5.41, 5.74) is 6.85. The molecule has 1 amide bonds. The van der Waals surface area contributed by atoms with Crippen LogP contribution in [0.1, 0.15) is 34.8 Å². The minimum atomic E-state index is -0.475. The highest BCUT2D eigenvalue weighted by molar-refractivity contribution is 5.98. The predicted molar refractivity (Wildman–Crippen MR) is 105 cm³/mol. The lowest BCUT2D eigenvalue weighted by atomic mass is 9.94. The van der Waals surface area contributed by atoms with Crippen LogP contribution in [0.5, 0.6) is 11.6 Å². The standard InChI is InChI=1S/C21H20FN5O2/c22-16-7-1-2-8-17(16)29-20-18(24-10-11-26-20)14-5-4-12-27(13-14)21(28)15-6-3-9-25-19(15)23/h1-3,6-11,14H,4-5,12-13H2,(H2,23,25)/t14-/m0/s1. The number of piperidine rings is 1. The van der Waals surface area contributed by atoms with Crippen LogP contribution in [-0.4, -0.2) is 38.8 Å². The van der Waals surface area contributed by atoms with Crippen LogP contribution < -0.4 is 10.5 Å². The van der Waals surface area contributed by atoms with E-state index in [0.29, 0.717) is 24.3 Å². The van der Waals surface area contributed by atoms with Gasteiger partial charge in [0.15, 0.2) is 11.6 Å². The van der Waals surface area contributed by atoms with E-state index >= 15 is 0 Å². The molecule has 3 heterocycles. The number of benzene rings is 1. The average Bonchev–Trinajstić information content (AvgIpc) is 2.76. The minimum absolute atomic E-state index is 0.0823. The van der Waals surface area contributed by atoms with E-state index in [4.69, 9.17) is 10.5 Å². The molecule has 2 N–H and O–H groups in total. The zero-order valence-electron chi connectivity index (χ0n) is 15.7. The highest BCUT2D eigenvalue weighted by Gasteiger charge is 2.30. The molecule has 8 heteroatoms. The molecule has 0 radical (unpaired) electrons. The lowest BCUT2D eigenvalue weighted by Gasteiger charge is -2.33. The lowest BCUT2D eigenvalue weighted by Crippen LogP contribution is -2.39. The molecule has 148 valence electrons. The van der Waals surface area contributed by atoms with Gasteiger partial charge >= 0.3 is 0 Å². The number of amides is 1. The summed E-state index contributed by atoms with van der Waals surface area (Å²) in [6, 6.07) is 9.50. The Hall–Kier alpha value is -3.55. The molecule has 2 aromatic heterocycles. The van der Waals surface area contributed by atoms with Crippen LogP contribution in [0, 0.1) is 5.82 Å². The van der Waals surface area contributed by atoms with Gasteiger partial charge in [0.25, 0.3) is 5.91 Å². The van der Waals surface area contributed by atoms with E-state index in [1.54, 1.807) is 41.6 Å². The first kappa shape index (κ1) is 18.8. The molecule has 1 aliphatic heterocycles. The molecule has 1 aliphatic rings. The summed E-state index contributed by atoms with van der Waals surface area (Å²) in [6.07, 6.45) is 6.24. The Morgan fingerprint density at radius 1 is 1.10 bits per heavy atom. The van der Waals surface area contributed by atoms with Crippen LogP contribution in [0.2, 0.25) is 0 Å². The summed E-state index contributed by atoms with van der Waals surface area (Å²) in [6.45, 7) is 1.06. The number of likely N-dealkylation sites (tertiary alicyclic amines) is 1. The fraction of sp³-hybridized carbons (Fsp3) is 0.238. The Balaban J connectivity index is 1.57. The quantitative estimate of drug-likeness (QED) is 0.730. The normalized spacial score (nSPS) is 16.4. The van der Waals surface area contributed by atoms with Crippen molar-refractivity contribution in [3.8, 4) is 11.6 Å². The van der Waals surface area contributed by atoms with Crippen molar-refractivity contribution in [1.82, 2.24) is 19.9 Å². The van der Waals surface area contributed by atoms with E-state index in [2.05, 4.69) is 15.0 Å². The molecule has 7 nitrogen and oxygen atoms in total. The van der Waals surface area contributed by atoms with Crippen molar-refractivity contribution >= 4 is 11.7 Å². The van der Waals surface area contributed by atoms with Gasteiger partial charge in [-0.25, -0.2) is 14.4 Å². The predicted octanol–water partition coefficient (Wildman–Crippen LogP) is 3.41. The summed E-state index contributed by atoms with van der Waals surface area (Å²) in [5, 5.41) is 0. The van der Waals surface area contributed by atoms with Gasteiger partial charge in [0.2, 0.25) is 5.88 Å². The van der Waals surface area contributed by atoms with Crippen molar-refractivity contribution in [3.05, 3.63) is 72.1 Å². The van der Waals surface area contributed by atoms with Gasteiger partial charge in [-0.2, -0.15) is 0 Å². The third-order valence-corrected chi connectivity index (χ3v) is 4.90. The monoisotopic (exact) mass is 393 g/mol. The number of nitrogens with two attached hydrogens (primary N) is 1. The van der Waals surface area contributed by atoms with Gasteiger partial charge in [-0.15, -0.1) is 0 Å². The van der Waals surface area contributed by atoms with Gasteiger partial charge in [-0.05, 0) is 37.1 Å². The molecule has 1 aromatic carbocycles. The molecule has 0 bridgehead atoms. The highest BCUT2D eigenvalue weighted by atomic mass is 19.1. The molecule has 0 saturated carbocycles. The first-order valence-corrected chi connectivity index (χ1v) is 9.36. The molecular formula is C21H20FN5O2. The first-order chi connectivity index (χ1) is 14.1. The molecule has 1 atom stereocenters. The number of para-hydroxylation sites is 1. The minimum Gasteiger partial charge on any atom is -0.434 e. The van der Waals surface area contributed by atoms with Crippen molar-refractivity contribution in [2.24, 2.45) is 0 Å². The highest BCUT2D eigenvalue weighted by Crippen LogP contribution is 2.33.